The molecule has 0 spiro atoms. The number of amides is 2. The lowest BCUT2D eigenvalue weighted by atomic mass is 9.88. The maximum Gasteiger partial charge on any atom is 0.329 e. The largest absolute Gasteiger partial charge is 0.345 e. The predicted molar refractivity (Wildman–Crippen MR) is 97.5 cm³/mol. The van der Waals surface area contributed by atoms with Gasteiger partial charge in [-0.05, 0) is 25.3 Å². The molecular formula is C18H21N5O4. The second-order valence-electron chi connectivity index (χ2n) is 7.45. The van der Waals surface area contributed by atoms with E-state index in [1.54, 1.807) is 29.8 Å². The molecule has 0 aliphatic carbocycles. The van der Waals surface area contributed by atoms with Crippen LogP contribution in [-0.4, -0.2) is 62.8 Å². The maximum absolute atomic E-state index is 13.2. The fourth-order valence-corrected chi connectivity index (χ4v) is 4.16. The molecule has 2 amide bonds. The molecule has 27 heavy (non-hydrogen) atoms. The molecule has 2 aliphatic rings. The number of hydrogen-bond donors (Lipinski definition) is 1. The first-order valence-corrected chi connectivity index (χ1v) is 8.93. The number of piperidine rings is 1. The van der Waals surface area contributed by atoms with Gasteiger partial charge in [-0.25, -0.2) is 9.78 Å². The fourth-order valence-electron chi connectivity index (χ4n) is 4.16. The summed E-state index contributed by atoms with van der Waals surface area (Å²) in [5.74, 6) is -0.281. The molecule has 2 aromatic heterocycles. The monoisotopic (exact) mass is 371 g/mol. The van der Waals surface area contributed by atoms with Gasteiger partial charge in [-0.1, -0.05) is 0 Å². The first-order chi connectivity index (χ1) is 12.8. The number of hydrogen-bond acceptors (Lipinski definition) is 5. The Kier molecular flexibility index (Phi) is 3.90. The van der Waals surface area contributed by atoms with Crippen LogP contribution in [0.25, 0.3) is 11.0 Å². The highest BCUT2D eigenvalue weighted by Crippen LogP contribution is 2.32. The summed E-state index contributed by atoms with van der Waals surface area (Å²) in [6.45, 7) is 3.25. The number of pyridine rings is 1. The first kappa shape index (κ1) is 17.4. The molecule has 2 aromatic rings. The number of carbonyl (C=O) groups excluding carboxylic acids is 2. The van der Waals surface area contributed by atoms with Crippen LogP contribution in [0.15, 0.2) is 15.7 Å². The van der Waals surface area contributed by atoms with Gasteiger partial charge in [0, 0.05) is 39.4 Å². The molecule has 2 atom stereocenters. The average Bonchev–Trinajstić information content (AvgIpc) is 3.06. The molecule has 9 heteroatoms. The van der Waals surface area contributed by atoms with Crippen LogP contribution in [0.2, 0.25) is 0 Å². The second-order valence-corrected chi connectivity index (χ2v) is 7.45. The number of aryl methyl sites for hydroxylation is 2. The van der Waals surface area contributed by atoms with Crippen molar-refractivity contribution in [3.63, 3.8) is 0 Å². The SMILES string of the molecule is Cc1cc(C(=O)N2C[C@H]3CCN(C)C(=O)[C@H]3C2)c2c(=O)[nH]c(=O)n(C)c2n1. The molecule has 0 unspecified atom stereocenters. The van der Waals surface area contributed by atoms with Gasteiger partial charge in [0.1, 0.15) is 5.65 Å². The van der Waals surface area contributed by atoms with Gasteiger partial charge in [0.15, 0.2) is 0 Å². The van der Waals surface area contributed by atoms with E-state index in [0.29, 0.717) is 25.3 Å². The van der Waals surface area contributed by atoms with Crippen LogP contribution in [0.5, 0.6) is 0 Å². The number of nitrogens with one attached hydrogen (secondary N) is 1. The molecule has 0 bridgehead atoms. The lowest BCUT2D eigenvalue weighted by Crippen LogP contribution is -2.42. The van der Waals surface area contributed by atoms with Crippen molar-refractivity contribution in [2.45, 2.75) is 13.3 Å². The van der Waals surface area contributed by atoms with E-state index in [1.165, 1.54) is 11.6 Å². The van der Waals surface area contributed by atoms with E-state index < -0.39 is 11.2 Å². The van der Waals surface area contributed by atoms with Crippen molar-refractivity contribution in [3.8, 4) is 0 Å². The fraction of sp³-hybridized carbons (Fsp3) is 0.500. The summed E-state index contributed by atoms with van der Waals surface area (Å²) in [6.07, 6.45) is 0.863. The van der Waals surface area contributed by atoms with Crippen molar-refractivity contribution >= 4 is 22.8 Å². The Morgan fingerprint density at radius 2 is 1.96 bits per heavy atom. The summed E-state index contributed by atoms with van der Waals surface area (Å²) in [5.41, 5.74) is -0.270. The van der Waals surface area contributed by atoms with Crippen LogP contribution in [-0.2, 0) is 11.8 Å². The molecule has 2 fully saturated rings. The van der Waals surface area contributed by atoms with Crippen molar-refractivity contribution in [2.75, 3.05) is 26.7 Å². The Labute approximate surface area is 154 Å². The number of nitrogens with zero attached hydrogens (tertiary/aromatic N) is 4. The molecule has 2 aliphatic heterocycles. The van der Waals surface area contributed by atoms with Gasteiger partial charge < -0.3 is 9.80 Å². The highest BCUT2D eigenvalue weighted by atomic mass is 16.2. The van der Waals surface area contributed by atoms with E-state index in [0.717, 1.165) is 6.42 Å². The Morgan fingerprint density at radius 1 is 1.22 bits per heavy atom. The topological polar surface area (TPSA) is 108 Å². The number of likely N-dealkylation sites (tertiary alicyclic amines) is 2. The number of carbonyl (C=O) groups is 2. The molecule has 2 saturated heterocycles. The van der Waals surface area contributed by atoms with E-state index in [-0.39, 0.29) is 40.2 Å². The number of aromatic nitrogens is 3. The molecule has 142 valence electrons. The lowest BCUT2D eigenvalue weighted by molar-refractivity contribution is -0.137. The average molecular weight is 371 g/mol. The Balaban J connectivity index is 1.78. The van der Waals surface area contributed by atoms with Gasteiger partial charge in [-0.3, -0.25) is 23.9 Å². The normalized spacial score (nSPS) is 22.4. The molecular weight excluding hydrogens is 350 g/mol. The molecule has 1 N–H and O–H groups in total. The summed E-state index contributed by atoms with van der Waals surface area (Å²) >= 11 is 0. The third-order valence-corrected chi connectivity index (χ3v) is 5.69. The third-order valence-electron chi connectivity index (χ3n) is 5.69. The number of aromatic amines is 1. The van der Waals surface area contributed by atoms with Gasteiger partial charge in [-0.15, -0.1) is 0 Å². The lowest BCUT2D eigenvalue weighted by Gasteiger charge is -2.30. The Hall–Kier alpha value is -2.97. The molecule has 0 aromatic carbocycles. The highest BCUT2D eigenvalue weighted by Gasteiger charge is 2.43. The summed E-state index contributed by atoms with van der Waals surface area (Å²) < 4.78 is 1.22. The van der Waals surface area contributed by atoms with Crippen molar-refractivity contribution in [2.24, 2.45) is 18.9 Å². The molecule has 4 heterocycles. The zero-order valence-electron chi connectivity index (χ0n) is 15.5. The van der Waals surface area contributed by atoms with E-state index >= 15 is 0 Å². The van der Waals surface area contributed by atoms with Gasteiger partial charge in [-0.2, -0.15) is 0 Å². The van der Waals surface area contributed by atoms with E-state index in [1.807, 2.05) is 0 Å². The Morgan fingerprint density at radius 3 is 2.70 bits per heavy atom. The highest BCUT2D eigenvalue weighted by molar-refractivity contribution is 6.05. The quantitative estimate of drug-likeness (QED) is 0.726. The number of fused-ring (bicyclic) bond motifs is 2. The minimum Gasteiger partial charge on any atom is -0.345 e. The van der Waals surface area contributed by atoms with Crippen molar-refractivity contribution in [1.29, 1.82) is 0 Å². The minimum absolute atomic E-state index is 0.0672. The summed E-state index contributed by atoms with van der Waals surface area (Å²) in [4.78, 5) is 59.8. The second kappa shape index (κ2) is 6.04. The minimum atomic E-state index is -0.628. The summed E-state index contributed by atoms with van der Waals surface area (Å²) in [6, 6.07) is 1.57. The van der Waals surface area contributed by atoms with E-state index in [4.69, 9.17) is 0 Å². The first-order valence-electron chi connectivity index (χ1n) is 8.93. The van der Waals surface area contributed by atoms with Crippen molar-refractivity contribution < 1.29 is 9.59 Å². The van der Waals surface area contributed by atoms with Crippen LogP contribution in [0.3, 0.4) is 0 Å². The van der Waals surface area contributed by atoms with E-state index in [2.05, 4.69) is 9.97 Å². The Bertz CT molecular complexity index is 1090. The van der Waals surface area contributed by atoms with E-state index in [9.17, 15) is 19.2 Å². The standard InChI is InChI=1S/C18H21N5O4/c1-9-6-11(13-14(19-9)22(3)18(27)20-15(13)24)17(26)23-7-10-4-5-21(2)16(25)12(10)8-23/h6,10,12H,4-5,7-8H2,1-3H3,(H,20,24,27)/t10-,12+/m1/s1. The third kappa shape index (κ3) is 2.65. The number of rotatable bonds is 1. The molecule has 9 nitrogen and oxygen atoms in total. The summed E-state index contributed by atoms with van der Waals surface area (Å²) in [7, 11) is 3.28. The van der Waals surface area contributed by atoms with Crippen molar-refractivity contribution in [3.05, 3.63) is 38.2 Å². The molecule has 0 saturated carbocycles. The molecule has 0 radical (unpaired) electrons. The van der Waals surface area contributed by atoms with Gasteiger partial charge in [0.2, 0.25) is 5.91 Å². The van der Waals surface area contributed by atoms with Crippen LogP contribution >= 0.6 is 0 Å². The zero-order chi connectivity index (χ0) is 19.5. The van der Waals surface area contributed by atoms with Gasteiger partial charge in [0.05, 0.1) is 16.9 Å². The van der Waals surface area contributed by atoms with Gasteiger partial charge >= 0.3 is 5.69 Å². The van der Waals surface area contributed by atoms with Crippen LogP contribution < -0.4 is 11.2 Å². The maximum atomic E-state index is 13.2. The number of H-pyrrole nitrogens is 1. The van der Waals surface area contributed by atoms with Crippen LogP contribution in [0.4, 0.5) is 0 Å². The zero-order valence-corrected chi connectivity index (χ0v) is 15.5. The van der Waals surface area contributed by atoms with Gasteiger partial charge in [0.25, 0.3) is 11.5 Å². The van der Waals surface area contributed by atoms with Crippen LogP contribution in [0.1, 0.15) is 22.5 Å². The molecule has 4 rings (SSSR count). The summed E-state index contributed by atoms with van der Waals surface area (Å²) in [5, 5.41) is 0.103. The van der Waals surface area contributed by atoms with Crippen LogP contribution in [0, 0.1) is 18.8 Å². The van der Waals surface area contributed by atoms with Crippen molar-refractivity contribution in [1.82, 2.24) is 24.3 Å². The smallest absolute Gasteiger partial charge is 0.329 e. The predicted octanol–water partition coefficient (Wildman–Crippen LogP) is -0.519.